The van der Waals surface area contributed by atoms with Crippen LogP contribution < -0.4 is 0 Å². The molecule has 38 heavy (non-hydrogen) atoms. The van der Waals surface area contributed by atoms with Gasteiger partial charge in [0.2, 0.25) is 0 Å². The van der Waals surface area contributed by atoms with E-state index >= 15 is 0 Å². The van der Waals surface area contributed by atoms with Gasteiger partial charge < -0.3 is 0 Å². The van der Waals surface area contributed by atoms with E-state index in [-0.39, 0.29) is 0 Å². The highest BCUT2D eigenvalue weighted by Gasteiger charge is 2.16. The van der Waals surface area contributed by atoms with Crippen LogP contribution in [-0.2, 0) is 0 Å². The number of fused-ring (bicyclic) bond motifs is 6. The van der Waals surface area contributed by atoms with Crippen molar-refractivity contribution in [1.29, 1.82) is 0 Å². The van der Waals surface area contributed by atoms with Crippen molar-refractivity contribution in [1.82, 2.24) is 0 Å². The fraction of sp³-hybridized carbons (Fsp3) is 0. The molecule has 0 radical (unpaired) electrons. The second kappa shape index (κ2) is 8.87. The fourth-order valence-corrected chi connectivity index (χ4v) is 5.99. The molecule has 0 amide bonds. The lowest BCUT2D eigenvalue weighted by Crippen LogP contribution is -1.92. The normalized spacial score (nSPS) is 11.4. The maximum atomic E-state index is 4.20. The van der Waals surface area contributed by atoms with E-state index in [1.807, 2.05) is 12.2 Å². The van der Waals surface area contributed by atoms with Crippen molar-refractivity contribution in [3.8, 4) is 22.3 Å². The fourth-order valence-electron chi connectivity index (χ4n) is 5.99. The summed E-state index contributed by atoms with van der Waals surface area (Å²) < 4.78 is 0. The van der Waals surface area contributed by atoms with E-state index in [9.17, 15) is 0 Å². The van der Waals surface area contributed by atoms with Gasteiger partial charge in [-0.3, -0.25) is 0 Å². The Balaban J connectivity index is 1.47. The van der Waals surface area contributed by atoms with Crippen molar-refractivity contribution in [3.63, 3.8) is 0 Å². The van der Waals surface area contributed by atoms with E-state index in [1.165, 1.54) is 65.3 Å². The summed E-state index contributed by atoms with van der Waals surface area (Å²) in [5.41, 5.74) is 7.15. The van der Waals surface area contributed by atoms with Gasteiger partial charge in [0.1, 0.15) is 0 Å². The van der Waals surface area contributed by atoms with Gasteiger partial charge in [0.15, 0.2) is 0 Å². The molecule has 0 fully saturated rings. The summed E-state index contributed by atoms with van der Waals surface area (Å²) >= 11 is 0. The lowest BCUT2D eigenvalue weighted by molar-refractivity contribution is 1.62. The highest BCUT2D eigenvalue weighted by atomic mass is 14.2. The zero-order valence-corrected chi connectivity index (χ0v) is 21.1. The Kier molecular flexibility index (Phi) is 5.20. The molecule has 0 atom stereocenters. The van der Waals surface area contributed by atoms with Crippen LogP contribution in [0, 0.1) is 0 Å². The van der Waals surface area contributed by atoms with Gasteiger partial charge in [-0.2, -0.15) is 0 Å². The highest BCUT2D eigenvalue weighted by Crippen LogP contribution is 2.42. The summed E-state index contributed by atoms with van der Waals surface area (Å²) in [6, 6.07) is 43.9. The Hall–Kier alpha value is -4.94. The van der Waals surface area contributed by atoms with E-state index in [4.69, 9.17) is 0 Å². The zero-order valence-electron chi connectivity index (χ0n) is 21.1. The van der Waals surface area contributed by atoms with Crippen LogP contribution in [0.25, 0.3) is 77.5 Å². The molecule has 0 unspecified atom stereocenters. The number of rotatable bonds is 4. The second-order valence-electron chi connectivity index (χ2n) is 9.81. The molecule has 7 aromatic rings. The minimum atomic E-state index is 1.13. The minimum absolute atomic E-state index is 1.13. The second-order valence-corrected chi connectivity index (χ2v) is 9.81. The molecule has 0 aliphatic heterocycles. The molecule has 7 rings (SSSR count). The number of hydrogen-bond acceptors (Lipinski definition) is 0. The van der Waals surface area contributed by atoms with Crippen LogP contribution in [0.2, 0.25) is 0 Å². The summed E-state index contributed by atoms with van der Waals surface area (Å²) in [6.45, 7) is 8.35. The Labute approximate surface area is 222 Å². The van der Waals surface area contributed by atoms with Gasteiger partial charge in [-0.05, 0) is 88.6 Å². The van der Waals surface area contributed by atoms with Crippen molar-refractivity contribution in [2.75, 3.05) is 0 Å². The Morgan fingerprint density at radius 2 is 0.921 bits per heavy atom. The van der Waals surface area contributed by atoms with Crippen molar-refractivity contribution in [3.05, 3.63) is 146 Å². The largest absolute Gasteiger partial charge is 0.0984 e. The predicted molar refractivity (Wildman–Crippen MR) is 168 cm³/mol. The van der Waals surface area contributed by atoms with E-state index in [0.717, 1.165) is 11.1 Å². The molecule has 7 aromatic carbocycles. The summed E-state index contributed by atoms with van der Waals surface area (Å²) in [5.74, 6) is 0. The van der Waals surface area contributed by atoms with Gasteiger partial charge in [0.25, 0.3) is 0 Å². The standard InChI is InChI=1S/C38H26/c1-3-30-31(4-2)37-24-36(33-14-8-10-16-35(33)38(37)34-15-9-7-13-32(30)34)27-20-17-26(18-21-27)29-22-19-25-11-5-6-12-28(25)23-29/h3-24H,1-2H2. The third kappa shape index (κ3) is 3.38. The van der Waals surface area contributed by atoms with Crippen molar-refractivity contribution >= 4 is 55.2 Å². The van der Waals surface area contributed by atoms with E-state index in [2.05, 4.69) is 134 Å². The van der Waals surface area contributed by atoms with Crippen LogP contribution in [0.15, 0.2) is 134 Å². The van der Waals surface area contributed by atoms with Gasteiger partial charge in [0.05, 0.1) is 0 Å². The van der Waals surface area contributed by atoms with Gasteiger partial charge in [0, 0.05) is 0 Å². The predicted octanol–water partition coefficient (Wildman–Crippen LogP) is 10.9. The van der Waals surface area contributed by atoms with E-state index < -0.39 is 0 Å². The first-order valence-corrected chi connectivity index (χ1v) is 13.0. The molecule has 0 saturated heterocycles. The van der Waals surface area contributed by atoms with Crippen LogP contribution in [0.4, 0.5) is 0 Å². The Morgan fingerprint density at radius 3 is 1.63 bits per heavy atom. The molecule has 0 heteroatoms. The van der Waals surface area contributed by atoms with Crippen LogP contribution >= 0.6 is 0 Å². The molecular weight excluding hydrogens is 456 g/mol. The van der Waals surface area contributed by atoms with Gasteiger partial charge >= 0.3 is 0 Å². The summed E-state index contributed by atoms with van der Waals surface area (Å²) in [4.78, 5) is 0. The molecular formula is C38H26. The maximum Gasteiger partial charge on any atom is -0.00199 e. The monoisotopic (exact) mass is 482 g/mol. The van der Waals surface area contributed by atoms with Crippen LogP contribution in [0.5, 0.6) is 0 Å². The van der Waals surface area contributed by atoms with Crippen molar-refractivity contribution in [2.45, 2.75) is 0 Å². The average Bonchev–Trinajstić information content (AvgIpc) is 2.99. The highest BCUT2D eigenvalue weighted by molar-refractivity contribution is 6.26. The zero-order chi connectivity index (χ0) is 25.6. The molecule has 0 aliphatic rings. The Bertz CT molecular complexity index is 2040. The van der Waals surface area contributed by atoms with Crippen LogP contribution in [0.3, 0.4) is 0 Å². The van der Waals surface area contributed by atoms with Gasteiger partial charge in [-0.1, -0.05) is 135 Å². The lowest BCUT2D eigenvalue weighted by Gasteiger charge is -2.18. The van der Waals surface area contributed by atoms with Crippen LogP contribution in [-0.4, -0.2) is 0 Å². The molecule has 178 valence electrons. The molecule has 0 spiro atoms. The number of benzene rings is 7. The number of hydrogen-bond donors (Lipinski definition) is 0. The molecule has 0 bridgehead atoms. The van der Waals surface area contributed by atoms with Crippen LogP contribution in [0.1, 0.15) is 11.1 Å². The topological polar surface area (TPSA) is 0 Å². The van der Waals surface area contributed by atoms with Crippen molar-refractivity contribution < 1.29 is 0 Å². The lowest BCUT2D eigenvalue weighted by atomic mass is 9.85. The van der Waals surface area contributed by atoms with Gasteiger partial charge in [-0.25, -0.2) is 0 Å². The molecule has 0 N–H and O–H groups in total. The average molecular weight is 483 g/mol. The van der Waals surface area contributed by atoms with E-state index in [1.54, 1.807) is 0 Å². The SMILES string of the molecule is C=Cc1c(C=C)c2cc(-c3ccc(-c4ccc5ccccc5c4)cc3)c3ccccc3c2c2ccccc12. The quantitative estimate of drug-likeness (QED) is 0.219. The maximum absolute atomic E-state index is 4.20. The third-order valence-corrected chi connectivity index (χ3v) is 7.80. The Morgan fingerprint density at radius 1 is 0.395 bits per heavy atom. The minimum Gasteiger partial charge on any atom is -0.0984 e. The first-order valence-electron chi connectivity index (χ1n) is 13.0. The summed E-state index contributed by atoms with van der Waals surface area (Å²) in [6.07, 6.45) is 3.94. The summed E-state index contributed by atoms with van der Waals surface area (Å²) in [5, 5.41) is 9.98. The van der Waals surface area contributed by atoms with Gasteiger partial charge in [-0.15, -0.1) is 0 Å². The molecule has 0 heterocycles. The molecule has 0 aliphatic carbocycles. The first kappa shape index (κ1) is 22.3. The third-order valence-electron chi connectivity index (χ3n) is 7.80. The molecule has 0 nitrogen and oxygen atoms in total. The van der Waals surface area contributed by atoms with E-state index in [0.29, 0.717) is 0 Å². The summed E-state index contributed by atoms with van der Waals surface area (Å²) in [7, 11) is 0. The first-order chi connectivity index (χ1) is 18.8. The smallest absolute Gasteiger partial charge is 0.00199 e. The molecule has 0 aromatic heterocycles. The van der Waals surface area contributed by atoms with Crippen molar-refractivity contribution in [2.24, 2.45) is 0 Å². The molecule has 0 saturated carbocycles.